The van der Waals surface area contributed by atoms with Gasteiger partial charge in [-0.1, -0.05) is 84.9 Å². The molecule has 1 heterocycles. The molecule has 186 valence electrons. The van der Waals surface area contributed by atoms with Crippen LogP contribution in [0.5, 0.6) is 0 Å². The van der Waals surface area contributed by atoms with Crippen molar-refractivity contribution in [2.45, 2.75) is 0 Å². The van der Waals surface area contributed by atoms with E-state index in [4.69, 9.17) is 0 Å². The Morgan fingerprint density at radius 3 is 1.72 bits per heavy atom. The Kier molecular flexibility index (Phi) is 6.39. The fourth-order valence-electron chi connectivity index (χ4n) is 5.28. The first-order valence-electron chi connectivity index (χ1n) is 13.0. The second kappa shape index (κ2) is 10.3. The molecule has 0 unspecified atom stereocenters. The van der Waals surface area contributed by atoms with Crippen molar-refractivity contribution in [3.05, 3.63) is 149 Å². The van der Waals surface area contributed by atoms with Crippen molar-refractivity contribution in [1.82, 2.24) is 0 Å². The van der Waals surface area contributed by atoms with Crippen molar-refractivity contribution in [3.63, 3.8) is 0 Å². The molecule has 0 aliphatic heterocycles. The van der Waals surface area contributed by atoms with Gasteiger partial charge >= 0.3 is 0 Å². The molecule has 0 aliphatic rings. The summed E-state index contributed by atoms with van der Waals surface area (Å²) in [6, 6.07) is 52.4. The number of benzene rings is 6. The van der Waals surface area contributed by atoms with E-state index in [1.165, 1.54) is 46.0 Å². The van der Waals surface area contributed by atoms with Gasteiger partial charge in [-0.2, -0.15) is 0 Å². The average Bonchev–Trinajstić information content (AvgIpc) is 3.37. The molecule has 0 radical (unpaired) electrons. The molecule has 0 N–H and O–H groups in total. The summed E-state index contributed by atoms with van der Waals surface area (Å²) < 4.78 is 3.90. The van der Waals surface area contributed by atoms with Crippen molar-refractivity contribution >= 4 is 71.2 Å². The van der Waals surface area contributed by atoms with Gasteiger partial charge < -0.3 is 4.90 Å². The third-order valence-electron chi connectivity index (χ3n) is 7.14. The molecular weight excluding hydrogens is 605 g/mol. The van der Waals surface area contributed by atoms with Crippen molar-refractivity contribution in [2.75, 3.05) is 4.90 Å². The lowest BCUT2D eigenvalue weighted by Gasteiger charge is -2.25. The lowest BCUT2D eigenvalue weighted by Crippen LogP contribution is -2.09. The van der Waals surface area contributed by atoms with Crippen LogP contribution in [0.15, 0.2) is 146 Å². The zero-order valence-corrected chi connectivity index (χ0v) is 24.1. The maximum absolute atomic E-state index is 2.37. The van der Waals surface area contributed by atoms with Crippen LogP contribution in [0.1, 0.15) is 0 Å². The number of para-hydroxylation sites is 2. The number of fused-ring (bicyclic) bond motifs is 3. The van der Waals surface area contributed by atoms with Gasteiger partial charge in [-0.3, -0.25) is 0 Å². The number of hydrogen-bond donors (Lipinski definition) is 0. The van der Waals surface area contributed by atoms with E-state index in [1.807, 2.05) is 11.3 Å². The topological polar surface area (TPSA) is 3.24 Å². The third-order valence-corrected chi connectivity index (χ3v) is 8.98. The zero-order valence-electron chi connectivity index (χ0n) is 21.1. The van der Waals surface area contributed by atoms with Gasteiger partial charge in [0, 0.05) is 40.8 Å². The highest BCUT2D eigenvalue weighted by molar-refractivity contribution is 14.1. The van der Waals surface area contributed by atoms with E-state index in [0.717, 1.165) is 17.1 Å². The van der Waals surface area contributed by atoms with Gasteiger partial charge in [0.15, 0.2) is 0 Å². The lowest BCUT2D eigenvalue weighted by molar-refractivity contribution is 1.28. The molecule has 0 atom stereocenters. The van der Waals surface area contributed by atoms with Gasteiger partial charge in [-0.05, 0) is 106 Å². The van der Waals surface area contributed by atoms with Crippen LogP contribution < -0.4 is 4.90 Å². The second-order valence-electron chi connectivity index (χ2n) is 9.55. The van der Waals surface area contributed by atoms with Crippen LogP contribution in [0, 0.1) is 3.57 Å². The fourth-order valence-corrected chi connectivity index (χ4v) is 6.81. The first-order chi connectivity index (χ1) is 19.2. The number of thiophene rings is 1. The summed E-state index contributed by atoms with van der Waals surface area (Å²) in [5.74, 6) is 0. The van der Waals surface area contributed by atoms with Crippen LogP contribution in [0.4, 0.5) is 17.1 Å². The summed E-state index contributed by atoms with van der Waals surface area (Å²) in [6.45, 7) is 0. The number of anilines is 3. The molecule has 39 heavy (non-hydrogen) atoms. The van der Waals surface area contributed by atoms with Gasteiger partial charge in [-0.15, -0.1) is 11.3 Å². The van der Waals surface area contributed by atoms with Crippen molar-refractivity contribution in [2.24, 2.45) is 0 Å². The minimum absolute atomic E-state index is 1.14. The highest BCUT2D eigenvalue weighted by atomic mass is 127. The second-order valence-corrected chi connectivity index (χ2v) is 11.9. The molecule has 6 aromatic carbocycles. The van der Waals surface area contributed by atoms with Gasteiger partial charge in [0.2, 0.25) is 0 Å². The molecule has 7 rings (SSSR count). The quantitative estimate of drug-likeness (QED) is 0.171. The van der Waals surface area contributed by atoms with Gasteiger partial charge in [0.05, 0.1) is 0 Å². The van der Waals surface area contributed by atoms with E-state index in [9.17, 15) is 0 Å². The SMILES string of the molecule is Ic1ccc(-c2cccc3sc4cc(-c5ccc(N(c6ccccc6)c6ccccc6)cc5)ccc4c23)cc1. The Morgan fingerprint density at radius 2 is 1.05 bits per heavy atom. The zero-order chi connectivity index (χ0) is 26.2. The molecule has 1 nitrogen and oxygen atoms in total. The first kappa shape index (κ1) is 24.1. The Morgan fingerprint density at radius 1 is 0.462 bits per heavy atom. The minimum atomic E-state index is 1.14. The number of halogens is 1. The Balaban J connectivity index is 1.27. The van der Waals surface area contributed by atoms with E-state index in [2.05, 4.69) is 173 Å². The molecule has 0 saturated carbocycles. The summed E-state index contributed by atoms with van der Waals surface area (Å²) in [5.41, 5.74) is 8.45. The summed E-state index contributed by atoms with van der Waals surface area (Å²) in [4.78, 5) is 2.30. The number of rotatable bonds is 5. The summed E-state index contributed by atoms with van der Waals surface area (Å²) >= 11 is 4.24. The van der Waals surface area contributed by atoms with Gasteiger partial charge in [0.25, 0.3) is 0 Å². The van der Waals surface area contributed by atoms with Crippen LogP contribution in [-0.4, -0.2) is 0 Å². The summed E-state index contributed by atoms with van der Waals surface area (Å²) in [7, 11) is 0. The Hall–Kier alpha value is -3.93. The third kappa shape index (κ3) is 4.62. The van der Waals surface area contributed by atoms with Crippen LogP contribution in [0.2, 0.25) is 0 Å². The molecule has 0 amide bonds. The standard InChI is InChI=1S/C36H24INS/c37-28-19-14-26(15-20-28)32-12-7-13-34-36(32)33-23-18-27(24-35(33)39-34)25-16-21-31(22-17-25)38(29-8-3-1-4-9-29)30-10-5-2-6-11-30/h1-24H. The molecule has 0 saturated heterocycles. The van der Waals surface area contributed by atoms with E-state index in [1.54, 1.807) is 0 Å². The van der Waals surface area contributed by atoms with Crippen LogP contribution >= 0.6 is 33.9 Å². The highest BCUT2D eigenvalue weighted by Gasteiger charge is 2.14. The average molecular weight is 630 g/mol. The predicted octanol–water partition coefficient (Wildman–Crippen LogP) is 11.5. The largest absolute Gasteiger partial charge is 0.311 e. The predicted molar refractivity (Wildman–Crippen MR) is 178 cm³/mol. The number of nitrogens with zero attached hydrogens (tertiary/aromatic N) is 1. The molecule has 0 fully saturated rings. The van der Waals surface area contributed by atoms with E-state index >= 15 is 0 Å². The van der Waals surface area contributed by atoms with E-state index in [0.29, 0.717) is 0 Å². The first-order valence-corrected chi connectivity index (χ1v) is 14.9. The molecule has 7 aromatic rings. The molecule has 0 bridgehead atoms. The highest BCUT2D eigenvalue weighted by Crippen LogP contribution is 2.42. The Bertz CT molecular complexity index is 1850. The van der Waals surface area contributed by atoms with Crippen molar-refractivity contribution in [1.29, 1.82) is 0 Å². The van der Waals surface area contributed by atoms with Gasteiger partial charge in [-0.25, -0.2) is 0 Å². The normalized spacial score (nSPS) is 11.2. The molecule has 3 heteroatoms. The van der Waals surface area contributed by atoms with Gasteiger partial charge in [0.1, 0.15) is 0 Å². The Labute approximate surface area is 246 Å². The maximum atomic E-state index is 2.37. The van der Waals surface area contributed by atoms with E-state index in [-0.39, 0.29) is 0 Å². The summed E-state index contributed by atoms with van der Waals surface area (Å²) in [6.07, 6.45) is 0. The molecular formula is C36H24INS. The van der Waals surface area contributed by atoms with Crippen LogP contribution in [-0.2, 0) is 0 Å². The molecule has 1 aromatic heterocycles. The van der Waals surface area contributed by atoms with Crippen LogP contribution in [0.25, 0.3) is 42.4 Å². The van der Waals surface area contributed by atoms with E-state index < -0.39 is 0 Å². The maximum Gasteiger partial charge on any atom is 0.0462 e. The molecule has 0 spiro atoms. The monoisotopic (exact) mass is 629 g/mol. The minimum Gasteiger partial charge on any atom is -0.311 e. The fraction of sp³-hybridized carbons (Fsp3) is 0. The summed E-state index contributed by atoms with van der Waals surface area (Å²) in [5, 5.41) is 2.67. The van der Waals surface area contributed by atoms with Crippen molar-refractivity contribution < 1.29 is 0 Å². The van der Waals surface area contributed by atoms with Crippen LogP contribution in [0.3, 0.4) is 0 Å². The molecule has 0 aliphatic carbocycles. The lowest BCUT2D eigenvalue weighted by atomic mass is 9.98. The van der Waals surface area contributed by atoms with Crippen molar-refractivity contribution in [3.8, 4) is 22.3 Å². The number of hydrogen-bond acceptors (Lipinski definition) is 2. The smallest absolute Gasteiger partial charge is 0.0462 e.